The summed E-state index contributed by atoms with van der Waals surface area (Å²) in [5, 5.41) is -0.689. The Morgan fingerprint density at radius 1 is 1.42 bits per heavy atom. The molecule has 1 aromatic heterocycles. The Hall–Kier alpha value is -1.29. The van der Waals surface area contributed by atoms with Crippen molar-refractivity contribution in [2.75, 3.05) is 0 Å². The number of rotatable bonds is 3. The van der Waals surface area contributed by atoms with Crippen molar-refractivity contribution < 1.29 is 9.59 Å². The highest BCUT2D eigenvalue weighted by Gasteiger charge is 2.10. The Balaban J connectivity index is 2.73. The molecule has 0 amide bonds. The van der Waals surface area contributed by atoms with Gasteiger partial charge in [-0.1, -0.05) is 0 Å². The van der Waals surface area contributed by atoms with Gasteiger partial charge < -0.3 is 0 Å². The van der Waals surface area contributed by atoms with Gasteiger partial charge in [-0.25, -0.2) is 4.98 Å². The quantitative estimate of drug-likeness (QED) is 0.396. The summed E-state index contributed by atoms with van der Waals surface area (Å²) < 4.78 is 0. The monoisotopic (exact) mass is 184 g/mol. The Morgan fingerprint density at radius 3 is 2.67 bits per heavy atom. The number of carbonyl (C=O) groups excluding carboxylic acids is 2. The Labute approximate surface area is 73.6 Å². The van der Waals surface area contributed by atoms with Crippen LogP contribution in [0.1, 0.15) is 16.9 Å². The molecular formula is C7H5ClN2O2. The van der Waals surface area contributed by atoms with Gasteiger partial charge in [-0.15, -0.1) is 0 Å². The highest BCUT2D eigenvalue weighted by Crippen LogP contribution is 1.99. The fourth-order valence-electron chi connectivity index (χ4n) is 0.660. The lowest BCUT2D eigenvalue weighted by Crippen LogP contribution is -2.05. The van der Waals surface area contributed by atoms with Crippen LogP contribution in [0.25, 0.3) is 0 Å². The molecule has 1 aromatic rings. The second kappa shape index (κ2) is 3.92. The standard InChI is InChI=1S/C7H5ClN2O2/c8-7(12)3-6(11)5-4-9-1-2-10-5/h1-2,4H,3H2. The van der Waals surface area contributed by atoms with Crippen molar-refractivity contribution in [1.82, 2.24) is 9.97 Å². The van der Waals surface area contributed by atoms with Gasteiger partial charge in [0.2, 0.25) is 5.24 Å². The number of nitrogens with zero attached hydrogens (tertiary/aromatic N) is 2. The minimum absolute atomic E-state index is 0.159. The summed E-state index contributed by atoms with van der Waals surface area (Å²) in [5.41, 5.74) is 0.159. The first-order chi connectivity index (χ1) is 5.70. The Kier molecular flexibility index (Phi) is 2.88. The molecule has 12 heavy (non-hydrogen) atoms. The van der Waals surface area contributed by atoms with E-state index in [9.17, 15) is 9.59 Å². The SMILES string of the molecule is O=C(Cl)CC(=O)c1cnccn1. The van der Waals surface area contributed by atoms with E-state index in [4.69, 9.17) is 11.6 Å². The predicted octanol–water partition coefficient (Wildman–Crippen LogP) is 0.815. The average Bonchev–Trinajstić information content (AvgIpc) is 2.05. The Morgan fingerprint density at radius 2 is 2.17 bits per heavy atom. The topological polar surface area (TPSA) is 59.9 Å². The van der Waals surface area contributed by atoms with Crippen LogP contribution in [-0.4, -0.2) is 21.0 Å². The van der Waals surface area contributed by atoms with Crippen molar-refractivity contribution in [2.24, 2.45) is 0 Å². The molecule has 0 saturated carbocycles. The van der Waals surface area contributed by atoms with Gasteiger partial charge in [-0.05, 0) is 11.6 Å². The highest BCUT2D eigenvalue weighted by atomic mass is 35.5. The van der Waals surface area contributed by atoms with Crippen LogP contribution in [0.15, 0.2) is 18.6 Å². The number of hydrogen-bond donors (Lipinski definition) is 0. The smallest absolute Gasteiger partial charge is 0.229 e. The third-order valence-electron chi connectivity index (χ3n) is 1.15. The van der Waals surface area contributed by atoms with E-state index in [1.165, 1.54) is 18.6 Å². The van der Waals surface area contributed by atoms with Gasteiger partial charge in [0.15, 0.2) is 5.78 Å². The molecule has 0 aromatic carbocycles. The van der Waals surface area contributed by atoms with Gasteiger partial charge >= 0.3 is 0 Å². The predicted molar refractivity (Wildman–Crippen MR) is 41.8 cm³/mol. The van der Waals surface area contributed by atoms with Gasteiger partial charge in [0.1, 0.15) is 5.69 Å². The maximum absolute atomic E-state index is 11.0. The average molecular weight is 185 g/mol. The number of halogens is 1. The largest absolute Gasteiger partial charge is 0.292 e. The third kappa shape index (κ3) is 2.39. The fraction of sp³-hybridized carbons (Fsp3) is 0.143. The summed E-state index contributed by atoms with van der Waals surface area (Å²) >= 11 is 5.01. The molecule has 0 radical (unpaired) electrons. The van der Waals surface area contributed by atoms with Gasteiger partial charge in [0, 0.05) is 12.4 Å². The minimum Gasteiger partial charge on any atom is -0.292 e. The van der Waals surface area contributed by atoms with Crippen molar-refractivity contribution in [3.63, 3.8) is 0 Å². The van der Waals surface area contributed by atoms with Gasteiger partial charge in [-0.2, -0.15) is 0 Å². The zero-order chi connectivity index (χ0) is 8.97. The van der Waals surface area contributed by atoms with E-state index in [1.54, 1.807) is 0 Å². The van der Waals surface area contributed by atoms with Crippen LogP contribution in [0.5, 0.6) is 0 Å². The summed E-state index contributed by atoms with van der Waals surface area (Å²) in [6.07, 6.45) is 3.79. The second-order valence-electron chi connectivity index (χ2n) is 2.05. The lowest BCUT2D eigenvalue weighted by Gasteiger charge is -1.93. The molecule has 1 rings (SSSR count). The third-order valence-corrected chi connectivity index (χ3v) is 1.28. The molecule has 0 atom stereocenters. The van der Waals surface area contributed by atoms with E-state index in [0.717, 1.165) is 0 Å². The summed E-state index contributed by atoms with van der Waals surface area (Å²) in [6, 6.07) is 0. The number of Topliss-reactive ketones (excluding diaryl/α,β-unsaturated/α-hetero) is 1. The summed E-state index contributed by atoms with van der Waals surface area (Å²) in [4.78, 5) is 28.8. The molecule has 4 nitrogen and oxygen atoms in total. The normalized spacial score (nSPS) is 9.42. The van der Waals surface area contributed by atoms with Crippen LogP contribution < -0.4 is 0 Å². The first-order valence-electron chi connectivity index (χ1n) is 3.17. The molecule has 0 bridgehead atoms. The van der Waals surface area contributed by atoms with Crippen LogP contribution in [0.4, 0.5) is 0 Å². The molecule has 0 aliphatic rings. The van der Waals surface area contributed by atoms with Crippen LogP contribution >= 0.6 is 11.6 Å². The Bertz CT molecular complexity index is 300. The number of hydrogen-bond acceptors (Lipinski definition) is 4. The van der Waals surface area contributed by atoms with Gasteiger partial charge in [0.05, 0.1) is 12.6 Å². The number of ketones is 1. The van der Waals surface area contributed by atoms with Crippen molar-refractivity contribution in [3.8, 4) is 0 Å². The van der Waals surface area contributed by atoms with E-state index in [-0.39, 0.29) is 12.1 Å². The van der Waals surface area contributed by atoms with E-state index in [2.05, 4.69) is 9.97 Å². The first kappa shape index (κ1) is 8.80. The van der Waals surface area contributed by atoms with Gasteiger partial charge in [0.25, 0.3) is 0 Å². The summed E-state index contributed by atoms with van der Waals surface area (Å²) in [5.74, 6) is -0.414. The summed E-state index contributed by atoms with van der Waals surface area (Å²) in [7, 11) is 0. The lowest BCUT2D eigenvalue weighted by atomic mass is 10.2. The van der Waals surface area contributed by atoms with Gasteiger partial charge in [-0.3, -0.25) is 14.6 Å². The maximum Gasteiger partial charge on any atom is 0.229 e. The zero-order valence-electron chi connectivity index (χ0n) is 6.03. The molecule has 0 unspecified atom stereocenters. The van der Waals surface area contributed by atoms with Crippen LogP contribution in [-0.2, 0) is 4.79 Å². The van der Waals surface area contributed by atoms with Crippen LogP contribution in [0.3, 0.4) is 0 Å². The second-order valence-corrected chi connectivity index (χ2v) is 2.47. The van der Waals surface area contributed by atoms with Crippen molar-refractivity contribution in [3.05, 3.63) is 24.3 Å². The summed E-state index contributed by atoms with van der Waals surface area (Å²) in [6.45, 7) is 0. The molecule has 0 N–H and O–H groups in total. The molecular weight excluding hydrogens is 180 g/mol. The lowest BCUT2D eigenvalue weighted by molar-refractivity contribution is -0.110. The molecule has 0 saturated heterocycles. The van der Waals surface area contributed by atoms with Crippen LogP contribution in [0.2, 0.25) is 0 Å². The molecule has 0 aliphatic heterocycles. The number of carbonyl (C=O) groups is 2. The van der Waals surface area contributed by atoms with E-state index >= 15 is 0 Å². The van der Waals surface area contributed by atoms with E-state index < -0.39 is 11.0 Å². The fourth-order valence-corrected chi connectivity index (χ4v) is 0.781. The molecule has 0 aliphatic carbocycles. The zero-order valence-corrected chi connectivity index (χ0v) is 6.78. The molecule has 0 spiro atoms. The highest BCUT2D eigenvalue weighted by molar-refractivity contribution is 6.65. The van der Waals surface area contributed by atoms with E-state index in [0.29, 0.717) is 0 Å². The number of aromatic nitrogens is 2. The maximum atomic E-state index is 11.0. The molecule has 1 heterocycles. The molecule has 62 valence electrons. The molecule has 5 heteroatoms. The minimum atomic E-state index is -0.689. The van der Waals surface area contributed by atoms with E-state index in [1.807, 2.05) is 0 Å². The van der Waals surface area contributed by atoms with Crippen LogP contribution in [0, 0.1) is 0 Å². The van der Waals surface area contributed by atoms with Crippen molar-refractivity contribution in [2.45, 2.75) is 6.42 Å². The van der Waals surface area contributed by atoms with Crippen molar-refractivity contribution in [1.29, 1.82) is 0 Å². The van der Waals surface area contributed by atoms with Crippen molar-refractivity contribution >= 4 is 22.6 Å². The first-order valence-corrected chi connectivity index (χ1v) is 3.55. The molecule has 0 fully saturated rings.